The van der Waals surface area contributed by atoms with Crippen molar-refractivity contribution in [3.05, 3.63) is 62.3 Å². The molecule has 1 aromatic carbocycles. The highest BCUT2D eigenvalue weighted by molar-refractivity contribution is 7.07. The van der Waals surface area contributed by atoms with E-state index in [1.54, 1.807) is 17.4 Å². The normalized spacial score (nSPS) is 16.3. The average molecular weight is 361 g/mol. The fourth-order valence-corrected chi connectivity index (χ4v) is 3.57. The largest absolute Gasteiger partial charge is 0.379 e. The van der Waals surface area contributed by atoms with Crippen LogP contribution in [0.25, 0.3) is 0 Å². The van der Waals surface area contributed by atoms with Crippen LogP contribution in [0.3, 0.4) is 0 Å². The van der Waals surface area contributed by atoms with Crippen molar-refractivity contribution in [2.45, 2.75) is 6.04 Å². The summed E-state index contributed by atoms with van der Waals surface area (Å²) in [6.07, 6.45) is 0. The highest BCUT2D eigenvalue weighted by atomic mass is 32.1. The molecule has 132 valence electrons. The second-order valence-electron chi connectivity index (χ2n) is 5.74. The molecule has 1 unspecified atom stereocenters. The molecule has 0 radical (unpaired) electrons. The van der Waals surface area contributed by atoms with Gasteiger partial charge in [0.2, 0.25) is 0 Å². The molecule has 0 aliphatic carbocycles. The van der Waals surface area contributed by atoms with E-state index in [4.69, 9.17) is 4.74 Å². The summed E-state index contributed by atoms with van der Waals surface area (Å²) in [6.45, 7) is 3.43. The van der Waals surface area contributed by atoms with Crippen LogP contribution < -0.4 is 5.32 Å². The SMILES string of the molecule is O=C(NCC(c1ccsc1)N1CCOCC1)c1cccc([N+](=O)[O-])c1. The molecule has 8 heteroatoms. The standard InChI is InChI=1S/C17H19N3O4S/c21-17(13-2-1-3-15(10-13)20(22)23)18-11-16(14-4-9-25-12-14)19-5-7-24-8-6-19/h1-4,9-10,12,16H,5-8,11H2,(H,18,21). The minimum Gasteiger partial charge on any atom is -0.379 e. The van der Waals surface area contributed by atoms with Gasteiger partial charge in [0.1, 0.15) is 0 Å². The lowest BCUT2D eigenvalue weighted by Gasteiger charge is -2.34. The van der Waals surface area contributed by atoms with E-state index in [1.165, 1.54) is 18.2 Å². The van der Waals surface area contributed by atoms with E-state index in [0.717, 1.165) is 18.7 Å². The third-order valence-electron chi connectivity index (χ3n) is 4.19. The van der Waals surface area contributed by atoms with E-state index in [1.807, 2.05) is 5.38 Å². The van der Waals surface area contributed by atoms with Gasteiger partial charge in [-0.15, -0.1) is 0 Å². The first-order chi connectivity index (χ1) is 12.1. The molecule has 1 aliphatic heterocycles. The number of carbonyl (C=O) groups is 1. The van der Waals surface area contributed by atoms with Crippen LogP contribution >= 0.6 is 11.3 Å². The van der Waals surface area contributed by atoms with Crippen molar-refractivity contribution < 1.29 is 14.5 Å². The van der Waals surface area contributed by atoms with Gasteiger partial charge >= 0.3 is 0 Å². The molecule has 3 rings (SSSR count). The van der Waals surface area contributed by atoms with Crippen molar-refractivity contribution in [1.29, 1.82) is 0 Å². The number of nitro groups is 1. The third-order valence-corrected chi connectivity index (χ3v) is 4.89. The molecule has 1 fully saturated rings. The van der Waals surface area contributed by atoms with Crippen LogP contribution in [-0.2, 0) is 4.74 Å². The zero-order chi connectivity index (χ0) is 17.6. The number of nitrogens with one attached hydrogen (secondary N) is 1. The molecule has 1 atom stereocenters. The first-order valence-corrected chi connectivity index (χ1v) is 8.96. The van der Waals surface area contributed by atoms with Crippen LogP contribution in [0.1, 0.15) is 22.0 Å². The Balaban J connectivity index is 1.69. The molecule has 1 N–H and O–H groups in total. The Hall–Kier alpha value is -2.29. The second kappa shape index (κ2) is 8.19. The number of amides is 1. The molecular formula is C17H19N3O4S. The van der Waals surface area contributed by atoms with Crippen LogP contribution in [0.15, 0.2) is 41.1 Å². The van der Waals surface area contributed by atoms with Crippen LogP contribution in [0.4, 0.5) is 5.69 Å². The van der Waals surface area contributed by atoms with Crippen molar-refractivity contribution in [2.75, 3.05) is 32.8 Å². The second-order valence-corrected chi connectivity index (χ2v) is 6.52. The van der Waals surface area contributed by atoms with E-state index < -0.39 is 4.92 Å². The lowest BCUT2D eigenvalue weighted by Crippen LogP contribution is -2.43. The Bertz CT molecular complexity index is 729. The number of hydrogen-bond acceptors (Lipinski definition) is 6. The molecule has 0 bridgehead atoms. The Morgan fingerprint density at radius 2 is 2.16 bits per heavy atom. The van der Waals surface area contributed by atoms with E-state index in [0.29, 0.717) is 25.3 Å². The van der Waals surface area contributed by atoms with Gasteiger partial charge in [-0.2, -0.15) is 11.3 Å². The van der Waals surface area contributed by atoms with E-state index in [2.05, 4.69) is 21.7 Å². The van der Waals surface area contributed by atoms with Gasteiger partial charge < -0.3 is 10.1 Å². The fourth-order valence-electron chi connectivity index (χ4n) is 2.86. The van der Waals surface area contributed by atoms with Crippen LogP contribution in [0.2, 0.25) is 0 Å². The van der Waals surface area contributed by atoms with Gasteiger partial charge in [0.15, 0.2) is 0 Å². The van der Waals surface area contributed by atoms with Gasteiger partial charge in [-0.3, -0.25) is 19.8 Å². The number of benzene rings is 1. The zero-order valence-electron chi connectivity index (χ0n) is 13.6. The number of morpholine rings is 1. The number of carbonyl (C=O) groups excluding carboxylic acids is 1. The monoisotopic (exact) mass is 361 g/mol. The van der Waals surface area contributed by atoms with Crippen molar-refractivity contribution >= 4 is 22.9 Å². The summed E-state index contributed by atoms with van der Waals surface area (Å²) in [6, 6.07) is 7.90. The first-order valence-electron chi connectivity index (χ1n) is 8.01. The highest BCUT2D eigenvalue weighted by Crippen LogP contribution is 2.23. The van der Waals surface area contributed by atoms with Crippen LogP contribution in [0, 0.1) is 10.1 Å². The van der Waals surface area contributed by atoms with Crippen molar-refractivity contribution in [3.8, 4) is 0 Å². The Kier molecular flexibility index (Phi) is 5.75. The summed E-state index contributed by atoms with van der Waals surface area (Å²) in [5.74, 6) is -0.308. The molecule has 2 heterocycles. The van der Waals surface area contributed by atoms with Gasteiger partial charge in [0, 0.05) is 37.3 Å². The van der Waals surface area contributed by atoms with Crippen molar-refractivity contribution in [2.24, 2.45) is 0 Å². The van der Waals surface area contributed by atoms with Crippen LogP contribution in [-0.4, -0.2) is 48.6 Å². The average Bonchev–Trinajstić information content (AvgIpc) is 3.17. The Morgan fingerprint density at radius 1 is 1.36 bits per heavy atom. The third kappa shape index (κ3) is 4.41. The van der Waals surface area contributed by atoms with E-state index in [9.17, 15) is 14.9 Å². The first kappa shape index (κ1) is 17.5. The summed E-state index contributed by atoms with van der Waals surface area (Å²) in [4.78, 5) is 25.1. The molecule has 1 aromatic heterocycles. The minimum atomic E-state index is -0.501. The predicted octanol–water partition coefficient (Wildman–Crippen LogP) is 2.46. The summed E-state index contributed by atoms with van der Waals surface area (Å²) in [5, 5.41) is 17.9. The summed E-state index contributed by atoms with van der Waals surface area (Å²) in [5.41, 5.74) is 1.36. The number of nitrogens with zero attached hydrogens (tertiary/aromatic N) is 2. The Labute approximate surface area is 149 Å². The Morgan fingerprint density at radius 3 is 2.84 bits per heavy atom. The quantitative estimate of drug-likeness (QED) is 0.631. The van der Waals surface area contributed by atoms with Gasteiger partial charge in [-0.1, -0.05) is 6.07 Å². The lowest BCUT2D eigenvalue weighted by atomic mass is 10.1. The maximum atomic E-state index is 12.4. The summed E-state index contributed by atoms with van der Waals surface area (Å²) >= 11 is 1.62. The van der Waals surface area contributed by atoms with Gasteiger partial charge in [0.25, 0.3) is 11.6 Å². The molecular weight excluding hydrogens is 342 g/mol. The summed E-state index contributed by atoms with van der Waals surface area (Å²) in [7, 11) is 0. The molecule has 1 aliphatic rings. The summed E-state index contributed by atoms with van der Waals surface area (Å²) < 4.78 is 5.41. The molecule has 1 amide bonds. The topological polar surface area (TPSA) is 84.7 Å². The van der Waals surface area contributed by atoms with E-state index in [-0.39, 0.29) is 17.6 Å². The zero-order valence-corrected chi connectivity index (χ0v) is 14.4. The van der Waals surface area contributed by atoms with Gasteiger partial charge in [-0.25, -0.2) is 0 Å². The van der Waals surface area contributed by atoms with Crippen molar-refractivity contribution in [3.63, 3.8) is 0 Å². The molecule has 0 saturated carbocycles. The number of hydrogen-bond donors (Lipinski definition) is 1. The van der Waals surface area contributed by atoms with E-state index >= 15 is 0 Å². The number of thiophene rings is 1. The number of ether oxygens (including phenoxy) is 1. The molecule has 7 nitrogen and oxygen atoms in total. The number of rotatable bonds is 6. The molecule has 25 heavy (non-hydrogen) atoms. The maximum Gasteiger partial charge on any atom is 0.270 e. The molecule has 1 saturated heterocycles. The van der Waals surface area contributed by atoms with Crippen molar-refractivity contribution in [1.82, 2.24) is 10.2 Å². The van der Waals surface area contributed by atoms with Crippen LogP contribution in [0.5, 0.6) is 0 Å². The smallest absolute Gasteiger partial charge is 0.270 e. The maximum absolute atomic E-state index is 12.4. The number of non-ortho nitro benzene ring substituents is 1. The van der Waals surface area contributed by atoms with Gasteiger partial charge in [-0.05, 0) is 28.5 Å². The van der Waals surface area contributed by atoms with Gasteiger partial charge in [0.05, 0.1) is 24.2 Å². The molecule has 2 aromatic rings. The molecule has 0 spiro atoms. The minimum absolute atomic E-state index is 0.0674. The lowest BCUT2D eigenvalue weighted by molar-refractivity contribution is -0.384. The highest BCUT2D eigenvalue weighted by Gasteiger charge is 2.24. The predicted molar refractivity (Wildman–Crippen MR) is 94.9 cm³/mol. The number of nitro benzene ring substituents is 1. The fraction of sp³-hybridized carbons (Fsp3) is 0.353.